The van der Waals surface area contributed by atoms with E-state index < -0.39 is 22.6 Å². The maximum Gasteiger partial charge on any atom is 0.401 e. The zero-order chi connectivity index (χ0) is 13.1. The fourth-order valence-electron chi connectivity index (χ4n) is 1.20. The van der Waals surface area contributed by atoms with E-state index in [0.29, 0.717) is 5.56 Å². The van der Waals surface area contributed by atoms with E-state index in [2.05, 4.69) is 5.32 Å². The fourth-order valence-corrected chi connectivity index (χ4v) is 1.83. The van der Waals surface area contributed by atoms with Crippen LogP contribution in [-0.4, -0.2) is 27.4 Å². The first-order valence-electron chi connectivity index (χ1n) is 4.75. The Morgan fingerprint density at radius 3 is 2.12 bits per heavy atom. The van der Waals surface area contributed by atoms with Crippen molar-refractivity contribution in [1.29, 1.82) is 0 Å². The van der Waals surface area contributed by atoms with Gasteiger partial charge in [0.2, 0.25) is 0 Å². The van der Waals surface area contributed by atoms with E-state index >= 15 is 0 Å². The molecule has 0 saturated heterocycles. The summed E-state index contributed by atoms with van der Waals surface area (Å²) in [5.41, 5.74) is 0.599. The molecule has 0 heterocycles. The highest BCUT2D eigenvalue weighted by atomic mass is 32.2. The van der Waals surface area contributed by atoms with Crippen LogP contribution in [0.2, 0.25) is 0 Å². The SMILES string of the molecule is CS(=O)(=O)c1ccc(CNCC(F)(F)F)cc1. The van der Waals surface area contributed by atoms with Crippen molar-refractivity contribution in [3.05, 3.63) is 29.8 Å². The molecule has 0 fully saturated rings. The van der Waals surface area contributed by atoms with E-state index in [0.717, 1.165) is 6.26 Å². The van der Waals surface area contributed by atoms with Gasteiger partial charge in [-0.2, -0.15) is 13.2 Å². The molecule has 1 N–H and O–H groups in total. The van der Waals surface area contributed by atoms with Crippen molar-refractivity contribution in [1.82, 2.24) is 5.32 Å². The number of hydrogen-bond donors (Lipinski definition) is 1. The number of benzene rings is 1. The summed E-state index contributed by atoms with van der Waals surface area (Å²) in [7, 11) is -3.26. The lowest BCUT2D eigenvalue weighted by Crippen LogP contribution is -2.28. The largest absolute Gasteiger partial charge is 0.401 e. The van der Waals surface area contributed by atoms with E-state index in [1.165, 1.54) is 24.3 Å². The molecule has 0 unspecified atom stereocenters. The van der Waals surface area contributed by atoms with Gasteiger partial charge in [-0.15, -0.1) is 0 Å². The van der Waals surface area contributed by atoms with Crippen LogP contribution in [0, 0.1) is 0 Å². The van der Waals surface area contributed by atoms with Gasteiger partial charge in [-0.3, -0.25) is 0 Å². The van der Waals surface area contributed by atoms with Gasteiger partial charge in [-0.05, 0) is 17.7 Å². The van der Waals surface area contributed by atoms with Crippen molar-refractivity contribution in [3.8, 4) is 0 Å². The van der Waals surface area contributed by atoms with Crippen LogP contribution in [0.1, 0.15) is 5.56 Å². The first-order chi connectivity index (χ1) is 7.68. The van der Waals surface area contributed by atoms with Crippen LogP contribution >= 0.6 is 0 Å². The molecular weight excluding hydrogens is 255 g/mol. The van der Waals surface area contributed by atoms with E-state index in [-0.39, 0.29) is 11.4 Å². The van der Waals surface area contributed by atoms with Crippen molar-refractivity contribution in [3.63, 3.8) is 0 Å². The Hall–Kier alpha value is -1.08. The molecule has 96 valence electrons. The van der Waals surface area contributed by atoms with Gasteiger partial charge in [0.25, 0.3) is 0 Å². The lowest BCUT2D eigenvalue weighted by molar-refractivity contribution is -0.125. The normalized spacial score (nSPS) is 12.7. The summed E-state index contributed by atoms with van der Waals surface area (Å²) in [6, 6.07) is 5.72. The molecule has 0 amide bonds. The average Bonchev–Trinajstić information content (AvgIpc) is 2.15. The van der Waals surface area contributed by atoms with Crippen LogP contribution in [0.4, 0.5) is 13.2 Å². The first kappa shape index (κ1) is 14.0. The molecule has 0 spiro atoms. The molecule has 17 heavy (non-hydrogen) atoms. The molecule has 0 saturated carbocycles. The highest BCUT2D eigenvalue weighted by Crippen LogP contribution is 2.13. The van der Waals surface area contributed by atoms with Gasteiger partial charge in [-0.25, -0.2) is 8.42 Å². The summed E-state index contributed by atoms with van der Waals surface area (Å²) < 4.78 is 57.8. The molecule has 0 bridgehead atoms. The Morgan fingerprint density at radius 2 is 1.71 bits per heavy atom. The number of nitrogens with one attached hydrogen (secondary N) is 1. The van der Waals surface area contributed by atoms with Crippen LogP contribution in [0.15, 0.2) is 29.2 Å². The Morgan fingerprint density at radius 1 is 1.18 bits per heavy atom. The van der Waals surface area contributed by atoms with Crippen molar-refractivity contribution >= 4 is 9.84 Å². The fraction of sp³-hybridized carbons (Fsp3) is 0.400. The van der Waals surface area contributed by atoms with Crippen LogP contribution < -0.4 is 5.32 Å². The van der Waals surface area contributed by atoms with Gasteiger partial charge in [-0.1, -0.05) is 12.1 Å². The van der Waals surface area contributed by atoms with E-state index in [1.807, 2.05) is 0 Å². The molecule has 1 aromatic carbocycles. The van der Waals surface area contributed by atoms with E-state index in [9.17, 15) is 21.6 Å². The van der Waals surface area contributed by atoms with Gasteiger partial charge in [0.15, 0.2) is 9.84 Å². The van der Waals surface area contributed by atoms with Crippen LogP contribution in [0.25, 0.3) is 0 Å². The zero-order valence-corrected chi connectivity index (χ0v) is 9.90. The smallest absolute Gasteiger partial charge is 0.305 e. The lowest BCUT2D eigenvalue weighted by atomic mass is 10.2. The van der Waals surface area contributed by atoms with E-state index in [1.54, 1.807) is 0 Å². The Bertz CT molecular complexity index is 465. The van der Waals surface area contributed by atoms with Crippen LogP contribution in [0.3, 0.4) is 0 Å². The number of halogens is 3. The second-order valence-corrected chi connectivity index (χ2v) is 5.65. The van der Waals surface area contributed by atoms with Gasteiger partial charge < -0.3 is 5.32 Å². The number of alkyl halides is 3. The molecule has 0 aromatic heterocycles. The van der Waals surface area contributed by atoms with E-state index in [4.69, 9.17) is 0 Å². The number of hydrogen-bond acceptors (Lipinski definition) is 3. The third kappa shape index (κ3) is 5.18. The quantitative estimate of drug-likeness (QED) is 0.904. The summed E-state index contributed by atoms with van der Waals surface area (Å²) in [4.78, 5) is 0.150. The molecule has 0 radical (unpaired) electrons. The third-order valence-electron chi connectivity index (χ3n) is 2.01. The highest BCUT2D eigenvalue weighted by molar-refractivity contribution is 7.90. The van der Waals surface area contributed by atoms with Crippen molar-refractivity contribution in [2.75, 3.05) is 12.8 Å². The number of sulfone groups is 1. The highest BCUT2D eigenvalue weighted by Gasteiger charge is 2.25. The summed E-state index contributed by atoms with van der Waals surface area (Å²) in [5, 5.41) is 2.23. The lowest BCUT2D eigenvalue weighted by Gasteiger charge is -2.08. The standard InChI is InChI=1S/C10H12F3NO2S/c1-17(15,16)9-4-2-8(3-5-9)6-14-7-10(11,12)13/h2-5,14H,6-7H2,1H3. The molecule has 0 atom stereocenters. The van der Waals surface area contributed by atoms with Gasteiger partial charge in [0.05, 0.1) is 11.4 Å². The number of rotatable bonds is 4. The summed E-state index contributed by atoms with van der Waals surface area (Å²) in [5.74, 6) is 0. The Kier molecular flexibility index (Phi) is 4.16. The molecule has 0 aliphatic carbocycles. The molecule has 7 heteroatoms. The zero-order valence-electron chi connectivity index (χ0n) is 9.08. The van der Waals surface area contributed by atoms with Gasteiger partial charge in [0.1, 0.15) is 0 Å². The van der Waals surface area contributed by atoms with Crippen LogP contribution in [-0.2, 0) is 16.4 Å². The van der Waals surface area contributed by atoms with Crippen LogP contribution in [0.5, 0.6) is 0 Å². The summed E-state index contributed by atoms with van der Waals surface area (Å²) in [6.07, 6.45) is -3.17. The summed E-state index contributed by atoms with van der Waals surface area (Å²) >= 11 is 0. The minimum Gasteiger partial charge on any atom is -0.305 e. The molecule has 3 nitrogen and oxygen atoms in total. The van der Waals surface area contributed by atoms with Crippen molar-refractivity contribution in [2.24, 2.45) is 0 Å². The topological polar surface area (TPSA) is 46.2 Å². The van der Waals surface area contributed by atoms with Gasteiger partial charge >= 0.3 is 6.18 Å². The predicted molar refractivity (Wildman–Crippen MR) is 57.3 cm³/mol. The average molecular weight is 267 g/mol. The Labute approximate surface area is 97.6 Å². The minimum atomic E-state index is -4.24. The molecule has 1 rings (SSSR count). The maximum atomic E-state index is 11.8. The second kappa shape index (κ2) is 5.05. The molecule has 1 aromatic rings. The summed E-state index contributed by atoms with van der Waals surface area (Å²) in [6.45, 7) is -1.02. The van der Waals surface area contributed by atoms with Crippen molar-refractivity contribution < 1.29 is 21.6 Å². The first-order valence-corrected chi connectivity index (χ1v) is 6.64. The monoisotopic (exact) mass is 267 g/mol. The molecular formula is C10H12F3NO2S. The minimum absolute atomic E-state index is 0.0452. The third-order valence-corrected chi connectivity index (χ3v) is 3.13. The predicted octanol–water partition coefficient (Wildman–Crippen LogP) is 1.74. The Balaban J connectivity index is 2.58. The van der Waals surface area contributed by atoms with Gasteiger partial charge in [0, 0.05) is 12.8 Å². The van der Waals surface area contributed by atoms with Crippen molar-refractivity contribution in [2.45, 2.75) is 17.6 Å². The molecule has 0 aliphatic rings. The molecule has 0 aliphatic heterocycles. The second-order valence-electron chi connectivity index (χ2n) is 3.63. The maximum absolute atomic E-state index is 11.8.